The van der Waals surface area contributed by atoms with E-state index in [2.05, 4.69) is 31.0 Å². The Hall–Kier alpha value is -0.260. The number of hydrogen-bond acceptors (Lipinski definition) is 3. The fourth-order valence-corrected chi connectivity index (χ4v) is 2.66. The Morgan fingerprint density at radius 2 is 2.11 bits per heavy atom. The highest BCUT2D eigenvalue weighted by Gasteiger charge is 2.31. The molecule has 0 aromatic heterocycles. The first-order valence-electron chi connectivity index (χ1n) is 6.89. The molecule has 5 heteroatoms. The molecule has 1 aliphatic heterocycles. The smallest absolute Gasteiger partial charge is 0.261 e. The number of rotatable bonds is 7. The molecule has 0 spiro atoms. The summed E-state index contributed by atoms with van der Waals surface area (Å²) in [5.41, 5.74) is 0. The molecule has 1 aliphatic rings. The SMILES string of the molecule is CCNC1CCN(CCOCC(F)F)C(C)C1C. The van der Waals surface area contributed by atoms with Crippen LogP contribution >= 0.6 is 0 Å². The lowest BCUT2D eigenvalue weighted by atomic mass is 9.87. The van der Waals surface area contributed by atoms with Crippen LogP contribution in [-0.4, -0.2) is 56.3 Å². The van der Waals surface area contributed by atoms with Gasteiger partial charge in [-0.25, -0.2) is 8.78 Å². The van der Waals surface area contributed by atoms with Gasteiger partial charge in [0.1, 0.15) is 6.61 Å². The van der Waals surface area contributed by atoms with E-state index in [1.54, 1.807) is 0 Å². The van der Waals surface area contributed by atoms with Crippen LogP contribution in [0.3, 0.4) is 0 Å². The van der Waals surface area contributed by atoms with Crippen molar-refractivity contribution in [1.29, 1.82) is 0 Å². The minimum absolute atomic E-state index is 0.396. The summed E-state index contributed by atoms with van der Waals surface area (Å²) in [5.74, 6) is 0.578. The van der Waals surface area contributed by atoms with Crippen LogP contribution in [0.1, 0.15) is 27.2 Å². The van der Waals surface area contributed by atoms with Crippen molar-refractivity contribution in [3.8, 4) is 0 Å². The van der Waals surface area contributed by atoms with Gasteiger partial charge in [0.25, 0.3) is 6.43 Å². The molecule has 0 radical (unpaired) electrons. The van der Waals surface area contributed by atoms with Crippen molar-refractivity contribution in [2.75, 3.05) is 32.8 Å². The molecule has 1 saturated heterocycles. The van der Waals surface area contributed by atoms with Gasteiger partial charge in [0.2, 0.25) is 0 Å². The highest BCUT2D eigenvalue weighted by atomic mass is 19.3. The minimum atomic E-state index is -2.36. The number of halogens is 2. The van der Waals surface area contributed by atoms with E-state index in [1.807, 2.05) is 0 Å². The Bertz CT molecular complexity index is 229. The highest BCUT2D eigenvalue weighted by Crippen LogP contribution is 2.23. The Morgan fingerprint density at radius 3 is 2.72 bits per heavy atom. The summed E-state index contributed by atoms with van der Waals surface area (Å²) in [6.07, 6.45) is -1.24. The normalized spacial score (nSPS) is 30.0. The quantitative estimate of drug-likeness (QED) is 0.712. The third-order valence-corrected chi connectivity index (χ3v) is 3.93. The number of likely N-dealkylation sites (tertiary alicyclic amines) is 1. The van der Waals surface area contributed by atoms with E-state index in [-0.39, 0.29) is 0 Å². The van der Waals surface area contributed by atoms with Gasteiger partial charge in [-0.1, -0.05) is 13.8 Å². The lowest BCUT2D eigenvalue weighted by Gasteiger charge is -2.43. The summed E-state index contributed by atoms with van der Waals surface area (Å²) in [6.45, 7) is 9.30. The van der Waals surface area contributed by atoms with E-state index in [4.69, 9.17) is 4.74 Å². The molecule has 0 bridgehead atoms. The zero-order valence-corrected chi connectivity index (χ0v) is 11.7. The average Bonchev–Trinajstić information content (AvgIpc) is 2.33. The van der Waals surface area contributed by atoms with Gasteiger partial charge >= 0.3 is 0 Å². The molecule has 1 heterocycles. The number of nitrogens with one attached hydrogen (secondary N) is 1. The van der Waals surface area contributed by atoms with Gasteiger partial charge in [-0.15, -0.1) is 0 Å². The van der Waals surface area contributed by atoms with E-state index in [0.717, 1.165) is 26.1 Å². The van der Waals surface area contributed by atoms with E-state index in [0.29, 0.717) is 24.6 Å². The molecule has 3 atom stereocenters. The summed E-state index contributed by atoms with van der Waals surface area (Å²) in [4.78, 5) is 2.34. The molecule has 108 valence electrons. The van der Waals surface area contributed by atoms with Crippen molar-refractivity contribution in [2.45, 2.75) is 45.7 Å². The molecule has 0 aliphatic carbocycles. The lowest BCUT2D eigenvalue weighted by molar-refractivity contribution is -0.00350. The van der Waals surface area contributed by atoms with Crippen LogP contribution in [-0.2, 0) is 4.74 Å². The summed E-state index contributed by atoms with van der Waals surface area (Å²) in [5, 5.41) is 3.51. The Morgan fingerprint density at radius 1 is 1.39 bits per heavy atom. The van der Waals surface area contributed by atoms with E-state index in [9.17, 15) is 8.78 Å². The third kappa shape index (κ3) is 4.78. The zero-order chi connectivity index (χ0) is 13.5. The maximum Gasteiger partial charge on any atom is 0.261 e. The van der Waals surface area contributed by atoms with Crippen LogP contribution in [0.5, 0.6) is 0 Å². The van der Waals surface area contributed by atoms with Gasteiger partial charge in [0, 0.05) is 25.2 Å². The molecular weight excluding hydrogens is 238 g/mol. The molecule has 1 N–H and O–H groups in total. The number of nitrogens with zero attached hydrogens (tertiary/aromatic N) is 1. The molecular formula is C13H26F2N2O. The van der Waals surface area contributed by atoms with Crippen molar-refractivity contribution in [2.24, 2.45) is 5.92 Å². The van der Waals surface area contributed by atoms with Crippen LogP contribution in [0, 0.1) is 5.92 Å². The Kier molecular flexibility index (Phi) is 7.04. The second-order valence-corrected chi connectivity index (χ2v) is 5.05. The van der Waals surface area contributed by atoms with Gasteiger partial charge in [-0.05, 0) is 25.8 Å². The fourth-order valence-electron chi connectivity index (χ4n) is 2.66. The molecule has 3 nitrogen and oxygen atoms in total. The zero-order valence-electron chi connectivity index (χ0n) is 11.7. The molecule has 1 fully saturated rings. The summed E-state index contributed by atoms with van der Waals surface area (Å²) < 4.78 is 28.8. The van der Waals surface area contributed by atoms with Gasteiger partial charge in [0.15, 0.2) is 0 Å². The van der Waals surface area contributed by atoms with Gasteiger partial charge in [0.05, 0.1) is 6.61 Å². The van der Waals surface area contributed by atoms with Crippen molar-refractivity contribution < 1.29 is 13.5 Å². The Balaban J connectivity index is 2.27. The molecule has 18 heavy (non-hydrogen) atoms. The number of piperidine rings is 1. The fraction of sp³-hybridized carbons (Fsp3) is 1.00. The van der Waals surface area contributed by atoms with Crippen LogP contribution in [0.15, 0.2) is 0 Å². The van der Waals surface area contributed by atoms with Crippen molar-refractivity contribution in [3.05, 3.63) is 0 Å². The second kappa shape index (κ2) is 8.02. The number of ether oxygens (including phenoxy) is 1. The van der Waals surface area contributed by atoms with Crippen LogP contribution < -0.4 is 5.32 Å². The Labute approximate surface area is 109 Å². The number of alkyl halides is 2. The summed E-state index contributed by atoms with van der Waals surface area (Å²) in [7, 11) is 0. The third-order valence-electron chi connectivity index (χ3n) is 3.93. The maximum atomic E-state index is 11.9. The molecule has 3 unspecified atom stereocenters. The first kappa shape index (κ1) is 15.8. The van der Waals surface area contributed by atoms with Crippen molar-refractivity contribution >= 4 is 0 Å². The maximum absolute atomic E-state index is 11.9. The topological polar surface area (TPSA) is 24.5 Å². The molecule has 0 saturated carbocycles. The van der Waals surface area contributed by atoms with Gasteiger partial charge < -0.3 is 10.1 Å². The van der Waals surface area contributed by atoms with Crippen LogP contribution in [0.2, 0.25) is 0 Å². The van der Waals surface area contributed by atoms with Crippen LogP contribution in [0.25, 0.3) is 0 Å². The average molecular weight is 264 g/mol. The minimum Gasteiger partial charge on any atom is -0.374 e. The monoisotopic (exact) mass is 264 g/mol. The lowest BCUT2D eigenvalue weighted by Crippen LogP contribution is -2.54. The second-order valence-electron chi connectivity index (χ2n) is 5.05. The van der Waals surface area contributed by atoms with Crippen molar-refractivity contribution in [1.82, 2.24) is 10.2 Å². The van der Waals surface area contributed by atoms with Crippen LogP contribution in [0.4, 0.5) is 8.78 Å². The van der Waals surface area contributed by atoms with E-state index >= 15 is 0 Å². The van der Waals surface area contributed by atoms with Crippen molar-refractivity contribution in [3.63, 3.8) is 0 Å². The highest BCUT2D eigenvalue weighted by molar-refractivity contribution is 4.88. The van der Waals surface area contributed by atoms with E-state index < -0.39 is 13.0 Å². The van der Waals surface area contributed by atoms with Gasteiger partial charge in [-0.3, -0.25) is 4.90 Å². The largest absolute Gasteiger partial charge is 0.374 e. The van der Waals surface area contributed by atoms with E-state index in [1.165, 1.54) is 0 Å². The molecule has 0 aromatic rings. The standard InChI is InChI=1S/C13H26F2N2O/c1-4-16-12-5-6-17(11(3)10(12)2)7-8-18-9-13(14)15/h10-13,16H,4-9H2,1-3H3. The molecule has 0 aromatic carbocycles. The predicted molar refractivity (Wildman–Crippen MR) is 69.1 cm³/mol. The predicted octanol–water partition coefficient (Wildman–Crippen LogP) is 1.98. The first-order valence-corrected chi connectivity index (χ1v) is 6.89. The van der Waals surface area contributed by atoms with Gasteiger partial charge in [-0.2, -0.15) is 0 Å². The number of hydrogen-bond donors (Lipinski definition) is 1. The molecule has 1 rings (SSSR count). The summed E-state index contributed by atoms with van der Waals surface area (Å²) in [6, 6.07) is 1.04. The summed E-state index contributed by atoms with van der Waals surface area (Å²) >= 11 is 0. The first-order chi connectivity index (χ1) is 8.56. The molecule has 0 amide bonds.